The molecule has 7 nitrogen and oxygen atoms in total. The van der Waals surface area contributed by atoms with E-state index in [2.05, 4.69) is 0 Å². The number of anilines is 1. The third-order valence-corrected chi connectivity index (χ3v) is 5.14. The maximum atomic E-state index is 13.9. The zero-order valence-electron chi connectivity index (χ0n) is 17.6. The maximum absolute atomic E-state index is 13.9. The molecular formula is C23H25FN2O5. The SMILES string of the molecule is CCN(Cc1ccc(OC)c(F)c1)C(=O)COC(=O)c1ccc(N2CCCC2=O)cc1. The van der Waals surface area contributed by atoms with Crippen LogP contribution in [0.1, 0.15) is 35.7 Å². The van der Waals surface area contributed by atoms with Gasteiger partial charge in [-0.15, -0.1) is 0 Å². The molecule has 0 saturated carbocycles. The minimum absolute atomic E-state index is 0.0670. The average Bonchev–Trinajstić information content (AvgIpc) is 3.21. The smallest absolute Gasteiger partial charge is 0.338 e. The summed E-state index contributed by atoms with van der Waals surface area (Å²) in [6.07, 6.45) is 1.35. The first-order valence-electron chi connectivity index (χ1n) is 10.1. The van der Waals surface area contributed by atoms with Crippen LogP contribution in [0.2, 0.25) is 0 Å². The first-order chi connectivity index (χ1) is 14.9. The van der Waals surface area contributed by atoms with Crippen LogP contribution in [0.3, 0.4) is 0 Å². The van der Waals surface area contributed by atoms with Crippen molar-refractivity contribution in [2.45, 2.75) is 26.3 Å². The lowest BCUT2D eigenvalue weighted by Gasteiger charge is -2.21. The molecule has 1 aliphatic heterocycles. The Labute approximate surface area is 180 Å². The van der Waals surface area contributed by atoms with E-state index >= 15 is 0 Å². The van der Waals surface area contributed by atoms with Gasteiger partial charge in [0.2, 0.25) is 5.91 Å². The van der Waals surface area contributed by atoms with Gasteiger partial charge in [-0.2, -0.15) is 0 Å². The summed E-state index contributed by atoms with van der Waals surface area (Å²) in [6.45, 7) is 2.60. The van der Waals surface area contributed by atoms with Crippen LogP contribution < -0.4 is 9.64 Å². The van der Waals surface area contributed by atoms with E-state index < -0.39 is 18.4 Å². The van der Waals surface area contributed by atoms with Crippen molar-refractivity contribution < 1.29 is 28.2 Å². The molecule has 0 aliphatic carbocycles. The van der Waals surface area contributed by atoms with Crippen LogP contribution in [-0.4, -0.2) is 49.5 Å². The monoisotopic (exact) mass is 428 g/mol. The molecule has 1 fully saturated rings. The quantitative estimate of drug-likeness (QED) is 0.604. The number of methoxy groups -OCH3 is 1. The highest BCUT2D eigenvalue weighted by atomic mass is 19.1. The fourth-order valence-corrected chi connectivity index (χ4v) is 3.41. The molecule has 2 aromatic rings. The van der Waals surface area contributed by atoms with Crippen molar-refractivity contribution in [3.8, 4) is 5.75 Å². The standard InChI is InChI=1S/C23H25FN2O5/c1-3-25(14-16-6-11-20(30-2)19(24)13-16)22(28)15-31-23(29)17-7-9-18(10-8-17)26-12-4-5-21(26)27/h6-11,13H,3-5,12,14-15H2,1-2H3. The number of ether oxygens (including phenoxy) is 2. The summed E-state index contributed by atoms with van der Waals surface area (Å²) in [5.41, 5.74) is 1.63. The van der Waals surface area contributed by atoms with Crippen molar-refractivity contribution in [1.82, 2.24) is 4.90 Å². The predicted molar refractivity (Wildman–Crippen MR) is 112 cm³/mol. The van der Waals surface area contributed by atoms with Gasteiger partial charge in [0.1, 0.15) is 0 Å². The van der Waals surface area contributed by atoms with Crippen molar-refractivity contribution in [2.75, 3.05) is 31.7 Å². The molecule has 8 heteroatoms. The second-order valence-corrected chi connectivity index (χ2v) is 7.15. The molecule has 3 rings (SSSR count). The van der Waals surface area contributed by atoms with Crippen LogP contribution in [0.4, 0.5) is 10.1 Å². The molecule has 0 spiro atoms. The number of hydrogen-bond acceptors (Lipinski definition) is 5. The second kappa shape index (κ2) is 10.1. The summed E-state index contributed by atoms with van der Waals surface area (Å²) in [5.74, 6) is -1.32. The third-order valence-electron chi connectivity index (χ3n) is 5.14. The lowest BCUT2D eigenvalue weighted by Crippen LogP contribution is -2.34. The summed E-state index contributed by atoms with van der Waals surface area (Å²) in [4.78, 5) is 39.7. The molecule has 1 aliphatic rings. The van der Waals surface area contributed by atoms with Crippen LogP contribution in [-0.2, 0) is 20.9 Å². The van der Waals surface area contributed by atoms with Gasteiger partial charge in [0.05, 0.1) is 12.7 Å². The van der Waals surface area contributed by atoms with Crippen molar-refractivity contribution in [3.63, 3.8) is 0 Å². The van der Waals surface area contributed by atoms with Crippen LogP contribution in [0.15, 0.2) is 42.5 Å². The van der Waals surface area contributed by atoms with Crippen molar-refractivity contribution in [1.29, 1.82) is 0 Å². The summed E-state index contributed by atoms with van der Waals surface area (Å²) in [6, 6.07) is 11.0. The van der Waals surface area contributed by atoms with Gasteiger partial charge in [-0.3, -0.25) is 9.59 Å². The van der Waals surface area contributed by atoms with E-state index in [-0.39, 0.29) is 24.1 Å². The zero-order chi connectivity index (χ0) is 22.4. The normalized spacial score (nSPS) is 13.3. The van der Waals surface area contributed by atoms with E-state index in [0.29, 0.717) is 30.6 Å². The molecule has 1 saturated heterocycles. The number of carbonyl (C=O) groups excluding carboxylic acids is 3. The van der Waals surface area contributed by atoms with E-state index in [1.165, 1.54) is 24.1 Å². The van der Waals surface area contributed by atoms with Crippen LogP contribution in [0, 0.1) is 5.82 Å². The Morgan fingerprint density at radius 1 is 1.16 bits per heavy atom. The summed E-state index contributed by atoms with van der Waals surface area (Å²) in [7, 11) is 1.38. The zero-order valence-corrected chi connectivity index (χ0v) is 17.6. The third kappa shape index (κ3) is 5.39. The Morgan fingerprint density at radius 3 is 2.48 bits per heavy atom. The molecule has 0 bridgehead atoms. The number of hydrogen-bond donors (Lipinski definition) is 0. The van der Waals surface area contributed by atoms with Gasteiger partial charge in [0.15, 0.2) is 18.2 Å². The molecule has 2 amide bonds. The minimum atomic E-state index is -0.626. The van der Waals surface area contributed by atoms with Gasteiger partial charge in [0, 0.05) is 31.7 Å². The van der Waals surface area contributed by atoms with Crippen molar-refractivity contribution >= 4 is 23.5 Å². The van der Waals surface area contributed by atoms with Crippen LogP contribution in [0.25, 0.3) is 0 Å². The van der Waals surface area contributed by atoms with E-state index in [1.807, 2.05) is 0 Å². The van der Waals surface area contributed by atoms with Crippen molar-refractivity contribution in [3.05, 3.63) is 59.4 Å². The summed E-state index contributed by atoms with van der Waals surface area (Å²) in [5, 5.41) is 0. The molecule has 164 valence electrons. The molecule has 0 N–H and O–H groups in total. The van der Waals surface area contributed by atoms with E-state index in [4.69, 9.17) is 9.47 Å². The summed E-state index contributed by atoms with van der Waals surface area (Å²) < 4.78 is 23.9. The largest absolute Gasteiger partial charge is 0.494 e. The Balaban J connectivity index is 1.55. The molecule has 0 atom stereocenters. The lowest BCUT2D eigenvalue weighted by atomic mass is 10.2. The molecular weight excluding hydrogens is 403 g/mol. The molecule has 31 heavy (non-hydrogen) atoms. The molecule has 2 aromatic carbocycles. The molecule has 1 heterocycles. The first-order valence-corrected chi connectivity index (χ1v) is 10.1. The number of carbonyl (C=O) groups is 3. The summed E-state index contributed by atoms with van der Waals surface area (Å²) >= 11 is 0. The Morgan fingerprint density at radius 2 is 1.90 bits per heavy atom. The number of rotatable bonds is 8. The number of likely N-dealkylation sites (N-methyl/N-ethyl adjacent to an activating group) is 1. The van der Waals surface area contributed by atoms with E-state index in [0.717, 1.165) is 12.1 Å². The topological polar surface area (TPSA) is 76.2 Å². The number of nitrogens with zero attached hydrogens (tertiary/aromatic N) is 2. The van der Waals surface area contributed by atoms with Gasteiger partial charge < -0.3 is 19.3 Å². The fourth-order valence-electron chi connectivity index (χ4n) is 3.41. The number of amides is 2. The second-order valence-electron chi connectivity index (χ2n) is 7.15. The van der Waals surface area contributed by atoms with Crippen LogP contribution >= 0.6 is 0 Å². The van der Waals surface area contributed by atoms with Gasteiger partial charge in [-0.1, -0.05) is 6.07 Å². The fraction of sp³-hybridized carbons (Fsp3) is 0.348. The Kier molecular flexibility index (Phi) is 7.23. The highest BCUT2D eigenvalue weighted by Gasteiger charge is 2.22. The number of esters is 1. The van der Waals surface area contributed by atoms with E-state index in [9.17, 15) is 18.8 Å². The first kappa shape index (κ1) is 22.3. The average molecular weight is 428 g/mol. The predicted octanol–water partition coefficient (Wildman–Crippen LogP) is 3.17. The lowest BCUT2D eigenvalue weighted by molar-refractivity contribution is -0.135. The molecule has 0 radical (unpaired) electrons. The Bertz CT molecular complexity index is 961. The molecule has 0 aromatic heterocycles. The molecule has 0 unspecified atom stereocenters. The highest BCUT2D eigenvalue weighted by Crippen LogP contribution is 2.22. The highest BCUT2D eigenvalue weighted by molar-refractivity contribution is 5.96. The van der Waals surface area contributed by atoms with Gasteiger partial charge in [0.25, 0.3) is 5.91 Å². The van der Waals surface area contributed by atoms with Gasteiger partial charge in [-0.05, 0) is 55.3 Å². The van der Waals surface area contributed by atoms with Crippen molar-refractivity contribution in [2.24, 2.45) is 0 Å². The van der Waals surface area contributed by atoms with Gasteiger partial charge in [-0.25, -0.2) is 9.18 Å². The number of halogens is 1. The minimum Gasteiger partial charge on any atom is -0.494 e. The maximum Gasteiger partial charge on any atom is 0.338 e. The van der Waals surface area contributed by atoms with E-state index in [1.54, 1.807) is 42.2 Å². The number of benzene rings is 2. The Hall–Kier alpha value is -3.42. The van der Waals surface area contributed by atoms with Crippen LogP contribution in [0.5, 0.6) is 5.75 Å². The van der Waals surface area contributed by atoms with Gasteiger partial charge >= 0.3 is 5.97 Å².